The molecule has 0 radical (unpaired) electrons. The van der Waals surface area contributed by atoms with Crippen LogP contribution in [0.25, 0.3) is 6.08 Å². The van der Waals surface area contributed by atoms with E-state index in [1.807, 2.05) is 0 Å². The van der Waals surface area contributed by atoms with E-state index in [-0.39, 0.29) is 23.3 Å². The van der Waals surface area contributed by atoms with Crippen molar-refractivity contribution < 1.29 is 19.2 Å². The van der Waals surface area contributed by atoms with Crippen molar-refractivity contribution in [3.05, 3.63) is 45.0 Å². The molecule has 1 aromatic carbocycles. The molecule has 0 saturated heterocycles. The summed E-state index contributed by atoms with van der Waals surface area (Å²) in [7, 11) is 1.24. The minimum Gasteiger partial charge on any atom is -0.468 e. The Kier molecular flexibility index (Phi) is 6.71. The Morgan fingerprint density at radius 2 is 2.09 bits per heavy atom. The molecule has 0 N–H and O–H groups in total. The molecule has 0 unspecified atom stereocenters. The van der Waals surface area contributed by atoms with Gasteiger partial charge in [0, 0.05) is 18.2 Å². The van der Waals surface area contributed by atoms with Crippen molar-refractivity contribution in [1.82, 2.24) is 4.90 Å². The maximum atomic E-state index is 12.2. The molecule has 0 aliphatic heterocycles. The number of ether oxygens (including phenoxy) is 1. The Balaban J connectivity index is 2.94. The molecule has 1 aromatic rings. The quantitative estimate of drug-likeness (QED) is 0.344. The Hall–Kier alpha value is -2.41. The second kappa shape index (κ2) is 8.28. The van der Waals surface area contributed by atoms with Crippen molar-refractivity contribution in [3.63, 3.8) is 0 Å². The monoisotopic (exact) mass is 340 g/mol. The minimum atomic E-state index is -0.598. The van der Waals surface area contributed by atoms with E-state index < -0.39 is 16.8 Å². The number of rotatable bonds is 6. The molecule has 8 heteroatoms. The molecule has 7 nitrogen and oxygen atoms in total. The van der Waals surface area contributed by atoms with E-state index in [1.54, 1.807) is 19.9 Å². The normalized spacial score (nSPS) is 10.8. The molecule has 0 atom stereocenters. The summed E-state index contributed by atoms with van der Waals surface area (Å²) in [5.41, 5.74) is 0.216. The third kappa shape index (κ3) is 5.37. The number of nitro benzene ring substituents is 1. The lowest BCUT2D eigenvalue weighted by atomic mass is 10.2. The molecule has 1 amide bonds. The van der Waals surface area contributed by atoms with Crippen LogP contribution >= 0.6 is 11.6 Å². The topological polar surface area (TPSA) is 89.8 Å². The van der Waals surface area contributed by atoms with Gasteiger partial charge in [-0.05, 0) is 31.6 Å². The highest BCUT2D eigenvalue weighted by Gasteiger charge is 2.18. The Labute approximate surface area is 138 Å². The number of esters is 1. The van der Waals surface area contributed by atoms with Gasteiger partial charge in [0.05, 0.1) is 12.0 Å². The average Bonchev–Trinajstić information content (AvgIpc) is 2.50. The molecule has 0 bridgehead atoms. The number of nitrogens with zero attached hydrogens (tertiary/aromatic N) is 2. The summed E-state index contributed by atoms with van der Waals surface area (Å²) in [5.74, 6) is -0.925. The van der Waals surface area contributed by atoms with Crippen molar-refractivity contribution in [3.8, 4) is 0 Å². The fraction of sp³-hybridized carbons (Fsp3) is 0.333. The molecule has 0 saturated carbocycles. The number of halogens is 1. The molecule has 0 fully saturated rings. The lowest BCUT2D eigenvalue weighted by Crippen LogP contribution is -2.40. The van der Waals surface area contributed by atoms with Gasteiger partial charge in [-0.3, -0.25) is 19.7 Å². The number of methoxy groups -OCH3 is 1. The maximum absolute atomic E-state index is 12.2. The number of benzene rings is 1. The van der Waals surface area contributed by atoms with Crippen molar-refractivity contribution in [1.29, 1.82) is 0 Å². The molecule has 0 aliphatic carbocycles. The van der Waals surface area contributed by atoms with Crippen LogP contribution in [0.5, 0.6) is 0 Å². The first kappa shape index (κ1) is 18.6. The van der Waals surface area contributed by atoms with Gasteiger partial charge in [-0.2, -0.15) is 0 Å². The SMILES string of the molecule is COC(=O)CN(C(=O)/C=C/c1ccc(Cl)c([N+](=O)[O-])c1)C(C)C. The van der Waals surface area contributed by atoms with Crippen LogP contribution in [-0.2, 0) is 14.3 Å². The number of hydrogen-bond acceptors (Lipinski definition) is 5. The fourth-order valence-electron chi connectivity index (χ4n) is 1.76. The summed E-state index contributed by atoms with van der Waals surface area (Å²) in [6, 6.07) is 4.01. The van der Waals surface area contributed by atoms with Crippen LogP contribution < -0.4 is 0 Å². The van der Waals surface area contributed by atoms with Crippen molar-refractivity contribution in [2.75, 3.05) is 13.7 Å². The number of hydrogen-bond donors (Lipinski definition) is 0. The summed E-state index contributed by atoms with van der Waals surface area (Å²) in [6.07, 6.45) is 2.67. The van der Waals surface area contributed by atoms with Gasteiger partial charge in [0.1, 0.15) is 11.6 Å². The smallest absolute Gasteiger partial charge is 0.325 e. The van der Waals surface area contributed by atoms with E-state index in [0.717, 1.165) is 0 Å². The van der Waals surface area contributed by atoms with Crippen LogP contribution in [0.4, 0.5) is 5.69 Å². The first-order valence-electron chi connectivity index (χ1n) is 6.75. The highest BCUT2D eigenvalue weighted by molar-refractivity contribution is 6.32. The summed E-state index contributed by atoms with van der Waals surface area (Å²) in [5, 5.41) is 10.9. The second-order valence-electron chi connectivity index (χ2n) is 4.94. The zero-order chi connectivity index (χ0) is 17.6. The second-order valence-corrected chi connectivity index (χ2v) is 5.34. The summed E-state index contributed by atoms with van der Waals surface area (Å²) in [4.78, 5) is 35.1. The Morgan fingerprint density at radius 1 is 1.43 bits per heavy atom. The first-order valence-corrected chi connectivity index (χ1v) is 7.13. The van der Waals surface area contributed by atoms with Gasteiger partial charge in [0.2, 0.25) is 5.91 Å². The maximum Gasteiger partial charge on any atom is 0.325 e. The van der Waals surface area contributed by atoms with E-state index in [9.17, 15) is 19.7 Å². The zero-order valence-electron chi connectivity index (χ0n) is 13.0. The van der Waals surface area contributed by atoms with Gasteiger partial charge < -0.3 is 9.64 Å². The van der Waals surface area contributed by atoms with E-state index >= 15 is 0 Å². The standard InChI is InChI=1S/C15H17ClN2O5/c1-10(2)17(9-15(20)23-3)14(19)7-5-11-4-6-12(16)13(8-11)18(21)22/h4-8,10H,9H2,1-3H3/b7-5+. The molecule has 0 spiro atoms. The van der Waals surface area contributed by atoms with Crippen LogP contribution in [0.3, 0.4) is 0 Å². The predicted molar refractivity (Wildman–Crippen MR) is 86.0 cm³/mol. The molecule has 124 valence electrons. The molecular weight excluding hydrogens is 324 g/mol. The van der Waals surface area contributed by atoms with Gasteiger partial charge in [-0.25, -0.2) is 0 Å². The largest absolute Gasteiger partial charge is 0.468 e. The van der Waals surface area contributed by atoms with Crippen molar-refractivity contribution in [2.45, 2.75) is 19.9 Å². The predicted octanol–water partition coefficient (Wildman–Crippen LogP) is 2.67. The van der Waals surface area contributed by atoms with Gasteiger partial charge >= 0.3 is 5.97 Å². The average molecular weight is 341 g/mol. The van der Waals surface area contributed by atoms with Gasteiger partial charge in [-0.15, -0.1) is 0 Å². The minimum absolute atomic E-state index is 0.0213. The van der Waals surface area contributed by atoms with Crippen LogP contribution in [0.15, 0.2) is 24.3 Å². The number of amides is 1. The molecule has 0 aliphatic rings. The van der Waals surface area contributed by atoms with E-state index in [4.69, 9.17) is 11.6 Å². The molecule has 23 heavy (non-hydrogen) atoms. The molecule has 0 heterocycles. The molecule has 1 rings (SSSR count). The first-order chi connectivity index (χ1) is 10.8. The van der Waals surface area contributed by atoms with Crippen LogP contribution in [0, 0.1) is 10.1 Å². The van der Waals surface area contributed by atoms with Crippen molar-refractivity contribution in [2.24, 2.45) is 0 Å². The third-order valence-electron chi connectivity index (χ3n) is 3.02. The van der Waals surface area contributed by atoms with Crippen LogP contribution in [0.1, 0.15) is 19.4 Å². The van der Waals surface area contributed by atoms with Crippen LogP contribution in [0.2, 0.25) is 5.02 Å². The van der Waals surface area contributed by atoms with Crippen LogP contribution in [-0.4, -0.2) is 41.4 Å². The Bertz CT molecular complexity index is 643. The van der Waals surface area contributed by atoms with E-state index in [2.05, 4.69) is 4.74 Å². The fourth-order valence-corrected chi connectivity index (χ4v) is 1.94. The van der Waals surface area contributed by atoms with E-state index in [0.29, 0.717) is 5.56 Å². The highest BCUT2D eigenvalue weighted by Crippen LogP contribution is 2.25. The lowest BCUT2D eigenvalue weighted by molar-refractivity contribution is -0.384. The molecular formula is C15H17ClN2O5. The lowest BCUT2D eigenvalue weighted by Gasteiger charge is -2.23. The zero-order valence-corrected chi connectivity index (χ0v) is 13.7. The van der Waals surface area contributed by atoms with E-state index in [1.165, 1.54) is 36.3 Å². The highest BCUT2D eigenvalue weighted by atomic mass is 35.5. The van der Waals surface area contributed by atoms with Gasteiger partial charge in [-0.1, -0.05) is 17.7 Å². The number of nitro groups is 1. The third-order valence-corrected chi connectivity index (χ3v) is 3.34. The van der Waals surface area contributed by atoms with Gasteiger partial charge in [0.15, 0.2) is 0 Å². The molecule has 0 aromatic heterocycles. The summed E-state index contributed by atoms with van der Waals surface area (Å²) >= 11 is 5.73. The number of carbonyl (C=O) groups is 2. The van der Waals surface area contributed by atoms with Crippen molar-refractivity contribution >= 4 is 35.2 Å². The number of carbonyl (C=O) groups excluding carboxylic acids is 2. The summed E-state index contributed by atoms with van der Waals surface area (Å²) in [6.45, 7) is 3.36. The Morgan fingerprint density at radius 3 is 2.61 bits per heavy atom. The van der Waals surface area contributed by atoms with Gasteiger partial charge in [0.25, 0.3) is 5.69 Å². The summed E-state index contributed by atoms with van der Waals surface area (Å²) < 4.78 is 4.55.